The highest BCUT2D eigenvalue weighted by molar-refractivity contribution is 7.47. The van der Waals surface area contributed by atoms with Crippen LogP contribution in [0.15, 0.2) is 146 Å². The summed E-state index contributed by atoms with van der Waals surface area (Å²) in [7, 11) is 1.44. The molecule has 9 nitrogen and oxygen atoms in total. The van der Waals surface area contributed by atoms with E-state index in [1.807, 2.05) is 21.1 Å². The van der Waals surface area contributed by atoms with E-state index in [4.69, 9.17) is 18.5 Å². The Labute approximate surface area is 523 Å². The molecule has 85 heavy (non-hydrogen) atoms. The zero-order valence-corrected chi connectivity index (χ0v) is 55.9. The highest BCUT2D eigenvalue weighted by Gasteiger charge is 2.27. The van der Waals surface area contributed by atoms with Gasteiger partial charge in [0.15, 0.2) is 6.10 Å². The first-order valence-corrected chi connectivity index (χ1v) is 35.6. The number of ether oxygens (including phenoxy) is 2. The number of esters is 2. The third-order valence-corrected chi connectivity index (χ3v) is 15.1. The molecule has 0 rings (SSSR count). The Bertz CT molecular complexity index is 1940. The monoisotopic (exact) mass is 1200 g/mol. The summed E-state index contributed by atoms with van der Waals surface area (Å²) in [5.41, 5.74) is 0. The Morgan fingerprint density at radius 1 is 0.376 bits per heavy atom. The van der Waals surface area contributed by atoms with Crippen molar-refractivity contribution in [2.45, 2.75) is 270 Å². The number of hydrogen-bond donors (Lipinski definition) is 1. The molecule has 0 aliphatic carbocycles. The van der Waals surface area contributed by atoms with Crippen LogP contribution in [0.5, 0.6) is 0 Å². The van der Waals surface area contributed by atoms with E-state index in [0.717, 1.165) is 109 Å². The van der Waals surface area contributed by atoms with Crippen molar-refractivity contribution in [1.29, 1.82) is 0 Å². The average Bonchev–Trinajstić information content (AvgIpc) is 3.50. The molecule has 0 radical (unpaired) electrons. The molecule has 10 heteroatoms. The molecule has 484 valence electrons. The van der Waals surface area contributed by atoms with Gasteiger partial charge in [0.1, 0.15) is 19.8 Å². The van der Waals surface area contributed by atoms with Crippen LogP contribution in [0.4, 0.5) is 0 Å². The lowest BCUT2D eigenvalue weighted by Crippen LogP contribution is -2.37. The third-order valence-electron chi connectivity index (χ3n) is 14.1. The lowest BCUT2D eigenvalue weighted by Gasteiger charge is -2.24. The molecule has 1 N–H and O–H groups in total. The van der Waals surface area contributed by atoms with Crippen LogP contribution in [0.2, 0.25) is 0 Å². The number of unbranched alkanes of at least 4 members (excludes halogenated alkanes) is 23. The average molecular weight is 1200 g/mol. The van der Waals surface area contributed by atoms with Gasteiger partial charge in [-0.1, -0.05) is 295 Å². The number of phosphoric ester groups is 1. The molecule has 0 fully saturated rings. The minimum absolute atomic E-state index is 0.0170. The molecular formula is C75H127NO8P+. The van der Waals surface area contributed by atoms with Crippen LogP contribution in [0.25, 0.3) is 0 Å². The van der Waals surface area contributed by atoms with Gasteiger partial charge in [-0.05, 0) is 103 Å². The Kier molecular flexibility index (Phi) is 61.3. The molecular weight excluding hydrogens is 1070 g/mol. The molecule has 0 aliphatic rings. The molecule has 0 saturated heterocycles. The predicted octanol–water partition coefficient (Wildman–Crippen LogP) is 22.2. The number of phosphoric acid groups is 1. The topological polar surface area (TPSA) is 108 Å². The Morgan fingerprint density at radius 3 is 1.00 bits per heavy atom. The van der Waals surface area contributed by atoms with Crippen LogP contribution in [0, 0.1) is 0 Å². The highest BCUT2D eigenvalue weighted by Crippen LogP contribution is 2.43. The van der Waals surface area contributed by atoms with Gasteiger partial charge in [-0.15, -0.1) is 0 Å². The second kappa shape index (κ2) is 64.4. The molecule has 0 saturated carbocycles. The van der Waals surface area contributed by atoms with Crippen LogP contribution >= 0.6 is 7.82 Å². The predicted molar refractivity (Wildman–Crippen MR) is 367 cm³/mol. The Hall–Kier alpha value is -4.11. The molecule has 0 aromatic rings. The van der Waals surface area contributed by atoms with Crippen molar-refractivity contribution in [2.75, 3.05) is 47.5 Å². The van der Waals surface area contributed by atoms with Crippen molar-refractivity contribution >= 4 is 19.8 Å². The van der Waals surface area contributed by atoms with Crippen molar-refractivity contribution in [3.05, 3.63) is 146 Å². The fraction of sp³-hybridized carbons (Fsp3) is 0.653. The molecule has 0 bridgehead atoms. The number of rotatable bonds is 61. The Morgan fingerprint density at radius 2 is 0.671 bits per heavy atom. The largest absolute Gasteiger partial charge is 0.472 e. The fourth-order valence-electron chi connectivity index (χ4n) is 8.94. The number of likely N-dealkylation sites (N-methyl/N-ethyl adjacent to an activating group) is 1. The second-order valence-corrected chi connectivity index (χ2v) is 24.9. The number of hydrogen-bond acceptors (Lipinski definition) is 7. The summed E-state index contributed by atoms with van der Waals surface area (Å²) in [5, 5.41) is 0. The molecule has 2 unspecified atom stereocenters. The minimum atomic E-state index is -4.41. The summed E-state index contributed by atoms with van der Waals surface area (Å²) in [6, 6.07) is 0. The molecule has 0 aliphatic heterocycles. The molecule has 0 amide bonds. The molecule has 0 aromatic carbocycles. The van der Waals surface area contributed by atoms with Crippen LogP contribution < -0.4 is 0 Å². The summed E-state index contributed by atoms with van der Waals surface area (Å²) >= 11 is 0. The van der Waals surface area contributed by atoms with Crippen molar-refractivity contribution in [3.63, 3.8) is 0 Å². The quantitative estimate of drug-likeness (QED) is 0.0211. The maximum Gasteiger partial charge on any atom is 0.472 e. The van der Waals surface area contributed by atoms with Gasteiger partial charge in [0.2, 0.25) is 0 Å². The van der Waals surface area contributed by atoms with Crippen LogP contribution in [0.3, 0.4) is 0 Å². The lowest BCUT2D eigenvalue weighted by atomic mass is 10.0. The Balaban J connectivity index is 4.21. The first-order chi connectivity index (χ1) is 41.5. The van der Waals surface area contributed by atoms with E-state index in [1.54, 1.807) is 0 Å². The van der Waals surface area contributed by atoms with Crippen molar-refractivity contribution in [3.8, 4) is 0 Å². The molecule has 0 aromatic heterocycles. The fourth-order valence-corrected chi connectivity index (χ4v) is 9.68. The van der Waals surface area contributed by atoms with E-state index < -0.39 is 26.5 Å². The van der Waals surface area contributed by atoms with E-state index in [0.29, 0.717) is 17.4 Å². The van der Waals surface area contributed by atoms with E-state index >= 15 is 0 Å². The first kappa shape index (κ1) is 80.9. The molecule has 0 spiro atoms. The SMILES string of the molecule is CC/C=C\C/C=C\C/C=C\C/C=C\C/C=C\C/C=C\C/C=C\C/C=C\C/C=C\C/C=C\C/C=C\C/C=C\CCCCC(=O)OC(COC(=O)CCCCCCCCCCCCCCCCCCCCCCCC)COP(=O)(O)OCC[N+](C)(C)C. The summed E-state index contributed by atoms with van der Waals surface area (Å²) in [6.07, 6.45) is 95.2. The van der Waals surface area contributed by atoms with Crippen LogP contribution in [-0.4, -0.2) is 74.9 Å². The number of allylic oxidation sites excluding steroid dienone is 24. The highest BCUT2D eigenvalue weighted by atomic mass is 31.2. The van der Waals surface area contributed by atoms with Crippen LogP contribution in [-0.2, 0) is 32.7 Å². The van der Waals surface area contributed by atoms with E-state index in [-0.39, 0.29) is 32.0 Å². The van der Waals surface area contributed by atoms with E-state index in [9.17, 15) is 19.0 Å². The van der Waals surface area contributed by atoms with Gasteiger partial charge in [-0.3, -0.25) is 18.6 Å². The number of carbonyl (C=O) groups excluding carboxylic acids is 2. The number of nitrogens with zero attached hydrogens (tertiary/aromatic N) is 1. The molecule has 0 heterocycles. The van der Waals surface area contributed by atoms with Gasteiger partial charge in [-0.2, -0.15) is 0 Å². The summed E-state index contributed by atoms with van der Waals surface area (Å²) in [6.45, 7) is 4.28. The number of quaternary nitrogens is 1. The van der Waals surface area contributed by atoms with Crippen molar-refractivity contribution in [1.82, 2.24) is 0 Å². The first-order valence-electron chi connectivity index (χ1n) is 34.1. The normalized spacial score (nSPS) is 14.1. The van der Waals surface area contributed by atoms with Crippen molar-refractivity contribution in [2.24, 2.45) is 0 Å². The standard InChI is InChI=1S/C75H126NO8P/c1-6-8-10-12-14-16-18-20-22-24-26-28-30-31-32-33-34-35-36-37-38-39-40-41-42-43-44-45-46-48-50-52-54-56-58-60-62-64-66-68-75(78)84-73(72-83-85(79,80)82-70-69-76(3,4)5)71-81-74(77)67-65-63-61-59-57-55-53-51-49-47-29-27-25-23-21-19-17-15-13-11-9-7-2/h8,10,14,16,20,22,26,28,31-32,34-35,37-38,40-41,43-44,46,48,52,54,58,60,73H,6-7,9,11-13,15,17-19,21,23-25,27,29-30,33,36,39,42,45,47,49-51,53,55-57,59,61-72H2,1-5H3/p+1/b10-8-,16-14-,22-20-,28-26-,32-31-,35-34-,38-37-,41-40-,44-43-,48-46-,54-52-,60-58-. The summed E-state index contributed by atoms with van der Waals surface area (Å²) in [4.78, 5) is 35.8. The van der Waals surface area contributed by atoms with E-state index in [1.165, 1.54) is 122 Å². The van der Waals surface area contributed by atoms with Crippen LogP contribution in [0.1, 0.15) is 264 Å². The number of carbonyl (C=O) groups is 2. The maximum absolute atomic E-state index is 12.8. The van der Waals surface area contributed by atoms with Gasteiger partial charge < -0.3 is 18.9 Å². The zero-order valence-electron chi connectivity index (χ0n) is 55.0. The smallest absolute Gasteiger partial charge is 0.462 e. The molecule has 2 atom stereocenters. The zero-order chi connectivity index (χ0) is 61.9. The maximum atomic E-state index is 12.8. The van der Waals surface area contributed by atoms with Gasteiger partial charge in [0.05, 0.1) is 27.7 Å². The minimum Gasteiger partial charge on any atom is -0.462 e. The third kappa shape index (κ3) is 68.9. The van der Waals surface area contributed by atoms with Gasteiger partial charge in [0.25, 0.3) is 0 Å². The summed E-state index contributed by atoms with van der Waals surface area (Å²) in [5.74, 6) is -0.850. The van der Waals surface area contributed by atoms with Crippen molar-refractivity contribution < 1.29 is 42.1 Å². The summed E-state index contributed by atoms with van der Waals surface area (Å²) < 4.78 is 34.6. The van der Waals surface area contributed by atoms with Gasteiger partial charge in [0, 0.05) is 12.8 Å². The van der Waals surface area contributed by atoms with Gasteiger partial charge in [-0.25, -0.2) is 4.57 Å². The van der Waals surface area contributed by atoms with Gasteiger partial charge >= 0.3 is 19.8 Å². The van der Waals surface area contributed by atoms with E-state index in [2.05, 4.69) is 160 Å². The second-order valence-electron chi connectivity index (χ2n) is 23.5. The lowest BCUT2D eigenvalue weighted by molar-refractivity contribution is -0.870.